The van der Waals surface area contributed by atoms with Crippen molar-refractivity contribution in [2.45, 2.75) is 123 Å². The average Bonchev–Trinajstić information content (AvgIpc) is 2.68. The van der Waals surface area contributed by atoms with Crippen molar-refractivity contribution in [3.8, 4) is 0 Å². The van der Waals surface area contributed by atoms with Crippen LogP contribution in [0.1, 0.15) is 117 Å². The maximum Gasteiger partial charge on any atom is 0.158 e. The Balaban J connectivity index is 3.91. The van der Waals surface area contributed by atoms with Crippen LogP contribution in [-0.2, 0) is 9.47 Å². The van der Waals surface area contributed by atoms with Gasteiger partial charge in [0.15, 0.2) is 6.29 Å². The summed E-state index contributed by atoms with van der Waals surface area (Å²) in [5.74, 6) is 0. The number of hydrogen-bond donors (Lipinski definition) is 0. The Morgan fingerprint density at radius 3 is 1.41 bits per heavy atom. The summed E-state index contributed by atoms with van der Waals surface area (Å²) in [6.07, 6.45) is 27.8. The van der Waals surface area contributed by atoms with Crippen LogP contribution in [0.3, 0.4) is 0 Å². The third-order valence-corrected chi connectivity index (χ3v) is 4.83. The SMILES string of the molecule is CCCCCC/C=C\COC(CCCCCC)OC/C=C\CCCCCC. The van der Waals surface area contributed by atoms with Crippen LogP contribution in [0.5, 0.6) is 0 Å². The fourth-order valence-corrected chi connectivity index (χ4v) is 3.03. The number of rotatable bonds is 21. The van der Waals surface area contributed by atoms with Gasteiger partial charge in [-0.15, -0.1) is 0 Å². The van der Waals surface area contributed by atoms with Gasteiger partial charge in [-0.05, 0) is 38.5 Å². The second-order valence-corrected chi connectivity index (χ2v) is 7.59. The van der Waals surface area contributed by atoms with E-state index in [1.54, 1.807) is 0 Å². The molecule has 2 nitrogen and oxygen atoms in total. The maximum absolute atomic E-state index is 5.97. The largest absolute Gasteiger partial charge is 0.349 e. The van der Waals surface area contributed by atoms with Crippen LogP contribution in [0.25, 0.3) is 0 Å². The first-order chi connectivity index (χ1) is 13.3. The lowest BCUT2D eigenvalue weighted by Gasteiger charge is -2.17. The monoisotopic (exact) mass is 380 g/mol. The smallest absolute Gasteiger partial charge is 0.158 e. The van der Waals surface area contributed by atoms with E-state index in [0.29, 0.717) is 13.2 Å². The average molecular weight is 381 g/mol. The molecule has 0 heterocycles. The van der Waals surface area contributed by atoms with Gasteiger partial charge in [-0.25, -0.2) is 0 Å². The number of allylic oxidation sites excluding steroid dienone is 2. The van der Waals surface area contributed by atoms with Crippen LogP contribution in [0.4, 0.5) is 0 Å². The first-order valence-corrected chi connectivity index (χ1v) is 11.9. The summed E-state index contributed by atoms with van der Waals surface area (Å²) in [4.78, 5) is 0. The van der Waals surface area contributed by atoms with Gasteiger partial charge in [-0.2, -0.15) is 0 Å². The van der Waals surface area contributed by atoms with E-state index in [1.807, 2.05) is 0 Å². The molecular formula is C25H48O2. The van der Waals surface area contributed by atoms with Gasteiger partial charge in [0, 0.05) is 0 Å². The summed E-state index contributed by atoms with van der Waals surface area (Å²) >= 11 is 0. The Kier molecular flexibility index (Phi) is 22.9. The molecule has 0 saturated heterocycles. The van der Waals surface area contributed by atoms with Crippen LogP contribution in [0.2, 0.25) is 0 Å². The Morgan fingerprint density at radius 1 is 0.519 bits per heavy atom. The molecule has 0 fully saturated rings. The third-order valence-electron chi connectivity index (χ3n) is 4.83. The molecule has 0 spiro atoms. The van der Waals surface area contributed by atoms with Crippen LogP contribution in [0.15, 0.2) is 24.3 Å². The molecule has 0 radical (unpaired) electrons. The van der Waals surface area contributed by atoms with Crippen molar-refractivity contribution in [1.29, 1.82) is 0 Å². The van der Waals surface area contributed by atoms with Crippen LogP contribution >= 0.6 is 0 Å². The molecule has 0 aromatic rings. The second kappa shape index (κ2) is 23.4. The maximum atomic E-state index is 5.97. The zero-order valence-electron chi connectivity index (χ0n) is 18.7. The lowest BCUT2D eigenvalue weighted by Crippen LogP contribution is -2.17. The quantitative estimate of drug-likeness (QED) is 0.113. The van der Waals surface area contributed by atoms with E-state index in [1.165, 1.54) is 89.9 Å². The van der Waals surface area contributed by atoms with Crippen molar-refractivity contribution in [2.75, 3.05) is 13.2 Å². The summed E-state index contributed by atoms with van der Waals surface area (Å²) < 4.78 is 11.9. The molecule has 0 saturated carbocycles. The fraction of sp³-hybridized carbons (Fsp3) is 0.840. The first-order valence-electron chi connectivity index (χ1n) is 11.9. The summed E-state index contributed by atoms with van der Waals surface area (Å²) in [7, 11) is 0. The third kappa shape index (κ3) is 21.6. The molecular weight excluding hydrogens is 332 g/mol. The number of unbranched alkanes of at least 4 members (excludes halogenated alkanes) is 11. The van der Waals surface area contributed by atoms with Gasteiger partial charge in [0.1, 0.15) is 0 Å². The normalized spacial score (nSPS) is 12.1. The number of hydrogen-bond acceptors (Lipinski definition) is 2. The summed E-state index contributed by atoms with van der Waals surface area (Å²) in [6, 6.07) is 0. The highest BCUT2D eigenvalue weighted by Gasteiger charge is 2.07. The molecule has 0 unspecified atom stereocenters. The van der Waals surface area contributed by atoms with Crippen molar-refractivity contribution in [2.24, 2.45) is 0 Å². The summed E-state index contributed by atoms with van der Waals surface area (Å²) in [6.45, 7) is 8.11. The van der Waals surface area contributed by atoms with Crippen LogP contribution in [-0.4, -0.2) is 19.5 Å². The molecule has 160 valence electrons. The topological polar surface area (TPSA) is 18.5 Å². The van der Waals surface area contributed by atoms with Crippen LogP contribution < -0.4 is 0 Å². The zero-order chi connectivity index (χ0) is 19.8. The van der Waals surface area contributed by atoms with Crippen molar-refractivity contribution in [3.05, 3.63) is 24.3 Å². The van der Waals surface area contributed by atoms with Crippen LogP contribution in [0, 0.1) is 0 Å². The summed E-state index contributed by atoms with van der Waals surface area (Å²) in [5.41, 5.74) is 0. The second-order valence-electron chi connectivity index (χ2n) is 7.59. The van der Waals surface area contributed by atoms with E-state index in [9.17, 15) is 0 Å². The van der Waals surface area contributed by atoms with Crippen molar-refractivity contribution in [1.82, 2.24) is 0 Å². The molecule has 0 N–H and O–H groups in total. The Bertz CT molecular complexity index is 296. The van der Waals surface area contributed by atoms with E-state index in [4.69, 9.17) is 9.47 Å². The number of ether oxygens (including phenoxy) is 2. The fourth-order valence-electron chi connectivity index (χ4n) is 3.03. The van der Waals surface area contributed by atoms with E-state index >= 15 is 0 Å². The van der Waals surface area contributed by atoms with E-state index in [-0.39, 0.29) is 6.29 Å². The minimum Gasteiger partial charge on any atom is -0.349 e. The molecule has 0 atom stereocenters. The molecule has 0 aliphatic heterocycles. The van der Waals surface area contributed by atoms with Gasteiger partial charge < -0.3 is 9.47 Å². The highest BCUT2D eigenvalue weighted by Crippen LogP contribution is 2.11. The predicted molar refractivity (Wildman–Crippen MR) is 120 cm³/mol. The lowest BCUT2D eigenvalue weighted by atomic mass is 10.1. The highest BCUT2D eigenvalue weighted by atomic mass is 16.7. The van der Waals surface area contributed by atoms with Gasteiger partial charge in [0.25, 0.3) is 0 Å². The van der Waals surface area contributed by atoms with Crippen molar-refractivity contribution >= 4 is 0 Å². The van der Waals surface area contributed by atoms with Crippen molar-refractivity contribution in [3.63, 3.8) is 0 Å². The molecule has 0 aliphatic rings. The predicted octanol–water partition coefficient (Wildman–Crippen LogP) is 8.37. The molecule has 0 aliphatic carbocycles. The van der Waals surface area contributed by atoms with Gasteiger partial charge in [-0.1, -0.05) is 103 Å². The van der Waals surface area contributed by atoms with Gasteiger partial charge in [-0.3, -0.25) is 0 Å². The Morgan fingerprint density at radius 2 is 0.963 bits per heavy atom. The lowest BCUT2D eigenvalue weighted by molar-refractivity contribution is -0.131. The van der Waals surface area contributed by atoms with E-state index < -0.39 is 0 Å². The Labute approximate surface area is 170 Å². The molecule has 0 amide bonds. The molecule has 0 rings (SSSR count). The minimum absolute atomic E-state index is 0.0589. The highest BCUT2D eigenvalue weighted by molar-refractivity contribution is 4.82. The van der Waals surface area contributed by atoms with Gasteiger partial charge in [0.05, 0.1) is 13.2 Å². The molecule has 0 aromatic heterocycles. The van der Waals surface area contributed by atoms with E-state index in [0.717, 1.165) is 6.42 Å². The first kappa shape index (κ1) is 26.4. The molecule has 0 bridgehead atoms. The zero-order valence-corrected chi connectivity index (χ0v) is 18.7. The van der Waals surface area contributed by atoms with E-state index in [2.05, 4.69) is 45.1 Å². The molecule has 27 heavy (non-hydrogen) atoms. The standard InChI is InChI=1S/C25H48O2/c1-4-7-10-13-15-17-20-23-26-25(22-19-12-9-6-3)27-24-21-18-16-14-11-8-5-2/h17-18,20-21,25H,4-16,19,22-24H2,1-3H3/b20-17-,21-18-. The molecule has 0 aromatic carbocycles. The Hall–Kier alpha value is -0.600. The van der Waals surface area contributed by atoms with Gasteiger partial charge >= 0.3 is 0 Å². The van der Waals surface area contributed by atoms with Gasteiger partial charge in [0.2, 0.25) is 0 Å². The minimum atomic E-state index is -0.0589. The van der Waals surface area contributed by atoms with Crippen molar-refractivity contribution < 1.29 is 9.47 Å². The molecule has 2 heteroatoms. The summed E-state index contributed by atoms with van der Waals surface area (Å²) in [5, 5.41) is 0.